The van der Waals surface area contributed by atoms with E-state index in [0.717, 1.165) is 18.8 Å². The van der Waals surface area contributed by atoms with E-state index in [1.54, 1.807) is 37.6 Å². The van der Waals surface area contributed by atoms with Crippen molar-refractivity contribution < 1.29 is 18.7 Å². The van der Waals surface area contributed by atoms with Crippen LogP contribution in [0.3, 0.4) is 0 Å². The molecule has 1 aromatic heterocycles. The van der Waals surface area contributed by atoms with E-state index in [4.69, 9.17) is 13.9 Å². The Morgan fingerprint density at radius 2 is 2.11 bits per heavy atom. The third kappa shape index (κ3) is 4.95. The molecule has 2 aromatic rings. The topological polar surface area (TPSA) is 63.9 Å². The smallest absolute Gasteiger partial charge is 0.251 e. The SMILES string of the molecule is C=CCOc1ccc(C(=O)NCC(c2ccco2)N2CCCCC2)cc1OC. The lowest BCUT2D eigenvalue weighted by Crippen LogP contribution is -2.40. The van der Waals surface area contributed by atoms with Crippen LogP contribution >= 0.6 is 0 Å². The van der Waals surface area contributed by atoms with Crippen molar-refractivity contribution >= 4 is 5.91 Å². The largest absolute Gasteiger partial charge is 0.493 e. The van der Waals surface area contributed by atoms with E-state index in [0.29, 0.717) is 30.2 Å². The first-order valence-corrected chi connectivity index (χ1v) is 9.70. The summed E-state index contributed by atoms with van der Waals surface area (Å²) in [7, 11) is 1.56. The monoisotopic (exact) mass is 384 g/mol. The van der Waals surface area contributed by atoms with Crippen LogP contribution in [0.5, 0.6) is 11.5 Å². The maximum absolute atomic E-state index is 12.7. The second-order valence-corrected chi connectivity index (χ2v) is 6.80. The van der Waals surface area contributed by atoms with Gasteiger partial charge in [0.1, 0.15) is 12.4 Å². The van der Waals surface area contributed by atoms with Crippen LogP contribution in [0.1, 0.15) is 41.4 Å². The number of carbonyl (C=O) groups excluding carboxylic acids is 1. The Bertz CT molecular complexity index is 767. The minimum Gasteiger partial charge on any atom is -0.493 e. The van der Waals surface area contributed by atoms with E-state index in [1.807, 2.05) is 12.1 Å². The van der Waals surface area contributed by atoms with E-state index in [1.165, 1.54) is 19.3 Å². The van der Waals surface area contributed by atoms with Crippen molar-refractivity contribution in [1.29, 1.82) is 0 Å². The first-order chi connectivity index (χ1) is 13.7. The molecule has 0 aliphatic carbocycles. The van der Waals surface area contributed by atoms with Crippen LogP contribution in [0.4, 0.5) is 0 Å². The van der Waals surface area contributed by atoms with Crippen molar-refractivity contribution in [3.63, 3.8) is 0 Å². The number of benzene rings is 1. The third-order valence-electron chi connectivity index (χ3n) is 4.94. The molecule has 0 spiro atoms. The number of hydrogen-bond donors (Lipinski definition) is 1. The van der Waals surface area contributed by atoms with Crippen molar-refractivity contribution in [3.05, 3.63) is 60.6 Å². The summed E-state index contributed by atoms with van der Waals surface area (Å²) >= 11 is 0. The summed E-state index contributed by atoms with van der Waals surface area (Å²) in [6.07, 6.45) is 6.95. The van der Waals surface area contributed by atoms with E-state index in [2.05, 4.69) is 16.8 Å². The van der Waals surface area contributed by atoms with Crippen LogP contribution in [-0.4, -0.2) is 44.2 Å². The molecule has 1 atom stereocenters. The van der Waals surface area contributed by atoms with Crippen molar-refractivity contribution in [3.8, 4) is 11.5 Å². The Morgan fingerprint density at radius 3 is 2.79 bits per heavy atom. The van der Waals surface area contributed by atoms with Crippen molar-refractivity contribution in [1.82, 2.24) is 10.2 Å². The summed E-state index contributed by atoms with van der Waals surface area (Å²) < 4.78 is 16.5. The molecule has 2 heterocycles. The van der Waals surface area contributed by atoms with Gasteiger partial charge in [0.05, 0.1) is 19.4 Å². The highest BCUT2D eigenvalue weighted by atomic mass is 16.5. The molecule has 1 fully saturated rings. The molecule has 1 N–H and O–H groups in total. The Labute approximate surface area is 166 Å². The number of nitrogens with zero attached hydrogens (tertiary/aromatic N) is 1. The predicted molar refractivity (Wildman–Crippen MR) is 108 cm³/mol. The zero-order chi connectivity index (χ0) is 19.8. The molecule has 1 aliphatic rings. The lowest BCUT2D eigenvalue weighted by Gasteiger charge is -2.33. The number of rotatable bonds is 9. The van der Waals surface area contributed by atoms with Crippen molar-refractivity contribution in [2.75, 3.05) is 33.4 Å². The fraction of sp³-hybridized carbons (Fsp3) is 0.409. The summed E-state index contributed by atoms with van der Waals surface area (Å²) in [4.78, 5) is 15.1. The number of amides is 1. The molecule has 1 aromatic carbocycles. The molecular weight excluding hydrogens is 356 g/mol. The lowest BCUT2D eigenvalue weighted by molar-refractivity contribution is 0.0913. The van der Waals surface area contributed by atoms with Crippen LogP contribution in [-0.2, 0) is 0 Å². The van der Waals surface area contributed by atoms with Gasteiger partial charge < -0.3 is 19.2 Å². The molecule has 1 aliphatic heterocycles. The van der Waals surface area contributed by atoms with Gasteiger partial charge in [0.25, 0.3) is 5.91 Å². The fourth-order valence-corrected chi connectivity index (χ4v) is 3.49. The van der Waals surface area contributed by atoms with E-state index < -0.39 is 0 Å². The second-order valence-electron chi connectivity index (χ2n) is 6.80. The Kier molecular flexibility index (Phi) is 7.14. The van der Waals surface area contributed by atoms with E-state index >= 15 is 0 Å². The molecule has 28 heavy (non-hydrogen) atoms. The van der Waals surface area contributed by atoms with Gasteiger partial charge in [0.15, 0.2) is 11.5 Å². The first-order valence-electron chi connectivity index (χ1n) is 9.70. The average Bonchev–Trinajstić information content (AvgIpc) is 3.27. The Balaban J connectivity index is 1.67. The summed E-state index contributed by atoms with van der Waals surface area (Å²) in [5, 5.41) is 3.05. The molecular formula is C22H28N2O4. The highest BCUT2D eigenvalue weighted by Crippen LogP contribution is 2.28. The van der Waals surface area contributed by atoms with Gasteiger partial charge in [-0.3, -0.25) is 9.69 Å². The number of carbonyl (C=O) groups is 1. The summed E-state index contributed by atoms with van der Waals surface area (Å²) in [6, 6.07) is 9.07. The molecule has 3 rings (SSSR count). The predicted octanol–water partition coefficient (Wildman–Crippen LogP) is 3.81. The van der Waals surface area contributed by atoms with E-state index in [9.17, 15) is 4.79 Å². The maximum atomic E-state index is 12.7. The molecule has 1 saturated heterocycles. The average molecular weight is 384 g/mol. The molecule has 0 saturated carbocycles. The summed E-state index contributed by atoms with van der Waals surface area (Å²) in [5.74, 6) is 1.84. The van der Waals surface area contributed by atoms with Crippen LogP contribution in [0.2, 0.25) is 0 Å². The number of likely N-dealkylation sites (tertiary alicyclic amines) is 1. The van der Waals surface area contributed by atoms with Crippen LogP contribution in [0.25, 0.3) is 0 Å². The summed E-state index contributed by atoms with van der Waals surface area (Å²) in [6.45, 7) is 6.54. The standard InChI is InChI=1S/C22H28N2O4/c1-3-13-27-20-10-9-17(15-21(20)26-2)22(25)23-16-18(19-8-7-14-28-19)24-11-5-4-6-12-24/h3,7-10,14-15,18H,1,4-6,11-13,16H2,2H3,(H,23,25). The maximum Gasteiger partial charge on any atom is 0.251 e. The van der Waals surface area contributed by atoms with Gasteiger partial charge in [0.2, 0.25) is 0 Å². The molecule has 150 valence electrons. The third-order valence-corrected chi connectivity index (χ3v) is 4.94. The van der Waals surface area contributed by atoms with Gasteiger partial charge >= 0.3 is 0 Å². The molecule has 1 amide bonds. The molecule has 0 radical (unpaired) electrons. The molecule has 0 bridgehead atoms. The zero-order valence-corrected chi connectivity index (χ0v) is 16.4. The normalized spacial score (nSPS) is 15.6. The van der Waals surface area contributed by atoms with Crippen LogP contribution < -0.4 is 14.8 Å². The summed E-state index contributed by atoms with van der Waals surface area (Å²) in [5.41, 5.74) is 0.527. The van der Waals surface area contributed by atoms with Crippen molar-refractivity contribution in [2.45, 2.75) is 25.3 Å². The quantitative estimate of drug-likeness (QED) is 0.666. The van der Waals surface area contributed by atoms with Gasteiger partial charge in [-0.1, -0.05) is 19.1 Å². The van der Waals surface area contributed by atoms with E-state index in [-0.39, 0.29) is 11.9 Å². The molecule has 6 nitrogen and oxygen atoms in total. The molecule has 1 unspecified atom stereocenters. The number of nitrogens with one attached hydrogen (secondary N) is 1. The first kappa shape index (κ1) is 20.0. The van der Waals surface area contributed by atoms with Gasteiger partial charge in [-0.05, 0) is 56.3 Å². The Morgan fingerprint density at radius 1 is 1.29 bits per heavy atom. The fourth-order valence-electron chi connectivity index (χ4n) is 3.49. The number of hydrogen-bond acceptors (Lipinski definition) is 5. The van der Waals surface area contributed by atoms with Gasteiger partial charge in [-0.2, -0.15) is 0 Å². The van der Waals surface area contributed by atoms with Crippen LogP contribution in [0.15, 0.2) is 53.7 Å². The highest BCUT2D eigenvalue weighted by molar-refractivity contribution is 5.94. The highest BCUT2D eigenvalue weighted by Gasteiger charge is 2.25. The van der Waals surface area contributed by atoms with Gasteiger partial charge in [0, 0.05) is 12.1 Å². The number of piperidine rings is 1. The Hall–Kier alpha value is -2.73. The number of furan rings is 1. The lowest BCUT2D eigenvalue weighted by atomic mass is 10.1. The minimum atomic E-state index is -0.151. The van der Waals surface area contributed by atoms with Gasteiger partial charge in [-0.25, -0.2) is 0 Å². The number of ether oxygens (including phenoxy) is 2. The molecule has 6 heteroatoms. The van der Waals surface area contributed by atoms with Crippen LogP contribution in [0, 0.1) is 0 Å². The zero-order valence-electron chi connectivity index (χ0n) is 16.4. The van der Waals surface area contributed by atoms with Gasteiger partial charge in [-0.15, -0.1) is 0 Å². The van der Waals surface area contributed by atoms with Crippen molar-refractivity contribution in [2.24, 2.45) is 0 Å². The second kappa shape index (κ2) is 9.99. The number of methoxy groups -OCH3 is 1. The minimum absolute atomic E-state index is 0.0383.